The molecule has 2 aromatic rings. The van der Waals surface area contributed by atoms with Gasteiger partial charge in [0.25, 0.3) is 0 Å². The molecule has 2 aromatic heterocycles. The first-order chi connectivity index (χ1) is 23.9. The number of allylic oxidation sites excluding steroid dienone is 8. The molecule has 254 valence electrons. The van der Waals surface area contributed by atoms with E-state index < -0.39 is 0 Å². The Morgan fingerprint density at radius 3 is 1.22 bits per heavy atom. The molecule has 0 aromatic carbocycles. The summed E-state index contributed by atoms with van der Waals surface area (Å²) >= 11 is 3.22. The molecule has 0 amide bonds. The summed E-state index contributed by atoms with van der Waals surface area (Å²) in [4.78, 5) is 64.7. The van der Waals surface area contributed by atoms with Crippen LogP contribution in [0.15, 0.2) is 57.6 Å². The number of nitrogens with zero attached hydrogens (tertiary/aromatic N) is 2. The fourth-order valence-electron chi connectivity index (χ4n) is 10.5. The quantitative estimate of drug-likeness (QED) is 0.313. The largest absolute Gasteiger partial charge is 0.292 e. The lowest BCUT2D eigenvalue weighted by Crippen LogP contribution is -2.24. The van der Waals surface area contributed by atoms with Crippen LogP contribution in [0.2, 0.25) is 0 Å². The third kappa shape index (κ3) is 4.12. The van der Waals surface area contributed by atoms with E-state index in [1.165, 1.54) is 43.2 Å². The topological polar surface area (TPSA) is 93.0 Å². The zero-order valence-electron chi connectivity index (χ0n) is 28.9. The van der Waals surface area contributed by atoms with Gasteiger partial charge in [-0.2, -0.15) is 0 Å². The minimum Gasteiger partial charge on any atom is -0.292 e. The number of aliphatic imine (C=N–C) groups is 2. The van der Waals surface area contributed by atoms with Crippen molar-refractivity contribution in [3.05, 3.63) is 68.5 Å². The molecular formula is C42H40N2O4S2. The molecule has 0 aliphatic heterocycles. The number of carbonyl (C=O) groups is 4. The molecular weight excluding hydrogens is 661 g/mol. The van der Waals surface area contributed by atoms with Crippen molar-refractivity contribution < 1.29 is 19.2 Å². The molecule has 8 aliphatic carbocycles. The highest BCUT2D eigenvalue weighted by molar-refractivity contribution is 7.17. The van der Waals surface area contributed by atoms with Gasteiger partial charge in [0, 0.05) is 56.1 Å². The van der Waals surface area contributed by atoms with Gasteiger partial charge >= 0.3 is 0 Å². The molecule has 8 aliphatic rings. The Kier molecular flexibility index (Phi) is 6.52. The minimum atomic E-state index is -0.231. The molecule has 0 bridgehead atoms. The minimum absolute atomic E-state index is 0.0466. The Morgan fingerprint density at radius 2 is 0.880 bits per heavy atom. The number of fused-ring (bicyclic) bond motifs is 9. The van der Waals surface area contributed by atoms with Gasteiger partial charge in [0.15, 0.2) is 34.6 Å². The predicted molar refractivity (Wildman–Crippen MR) is 199 cm³/mol. The highest BCUT2D eigenvalue weighted by atomic mass is 32.1. The van der Waals surface area contributed by atoms with Gasteiger partial charge in [0.1, 0.15) is 10.0 Å². The molecule has 4 fully saturated rings. The number of hydrogen-bond donors (Lipinski definition) is 0. The number of Topliss-reactive ketones (excluding diaryl/α,β-unsaturated/α-hetero) is 4. The smallest absolute Gasteiger partial charge is 0.188 e. The fraction of sp³-hybridized carbons (Fsp3) is 0.476. The molecule has 0 radical (unpaired) electrons. The van der Waals surface area contributed by atoms with Crippen LogP contribution in [0.3, 0.4) is 0 Å². The zero-order chi connectivity index (χ0) is 34.4. The molecule has 0 N–H and O–H groups in total. The Balaban J connectivity index is 0.978. The van der Waals surface area contributed by atoms with E-state index in [0.29, 0.717) is 0 Å². The lowest BCUT2D eigenvalue weighted by molar-refractivity contribution is -0.120. The van der Waals surface area contributed by atoms with E-state index in [-0.39, 0.29) is 80.9 Å². The maximum atomic E-state index is 13.2. The molecule has 6 nitrogen and oxygen atoms in total. The standard InChI is InChI=1S/C42H40N2O4S2/c1-41(2)27-15-19-14-26-28(42(3,4)30-18-32(50-40(26)30)44-34-37(47)23-11-7-8-12-24(23)38(34)48)16-20(19)13-25(27)39-29(41)17-31(49-39)43-33-35(45)21-9-5-6-10-22(21)36(33)46/h13-24H,5-12H2,1-4H3. The van der Waals surface area contributed by atoms with Crippen LogP contribution in [0.25, 0.3) is 11.1 Å². The summed E-state index contributed by atoms with van der Waals surface area (Å²) in [7, 11) is 0. The number of hydrogen-bond acceptors (Lipinski definition) is 8. The van der Waals surface area contributed by atoms with E-state index >= 15 is 0 Å². The first-order valence-corrected chi connectivity index (χ1v) is 20.1. The Hall–Kier alpha value is -3.62. The maximum Gasteiger partial charge on any atom is 0.188 e. The van der Waals surface area contributed by atoms with E-state index in [4.69, 9.17) is 9.98 Å². The molecule has 0 spiro atoms. The summed E-state index contributed by atoms with van der Waals surface area (Å²) in [6, 6.07) is 4.23. The highest BCUT2D eigenvalue weighted by Crippen LogP contribution is 2.61. The average Bonchev–Trinajstić information content (AvgIpc) is 3.91. The van der Waals surface area contributed by atoms with Crippen molar-refractivity contribution >= 4 is 78.4 Å². The second-order valence-electron chi connectivity index (χ2n) is 16.8. The first-order valence-electron chi connectivity index (χ1n) is 18.5. The Morgan fingerprint density at radius 1 is 0.540 bits per heavy atom. The third-order valence-corrected chi connectivity index (χ3v) is 15.5. The summed E-state index contributed by atoms with van der Waals surface area (Å²) in [6.45, 7) is 9.07. The Bertz CT molecular complexity index is 1990. The highest BCUT2D eigenvalue weighted by Gasteiger charge is 2.50. The van der Waals surface area contributed by atoms with E-state index in [0.717, 1.165) is 61.4 Å². The normalized spacial score (nSPS) is 32.6. The summed E-state index contributed by atoms with van der Waals surface area (Å²) < 4.78 is 0. The van der Waals surface area contributed by atoms with E-state index in [1.54, 1.807) is 22.7 Å². The lowest BCUT2D eigenvalue weighted by Gasteiger charge is -2.33. The number of rotatable bonds is 2. The lowest BCUT2D eigenvalue weighted by atomic mass is 9.70. The second-order valence-corrected chi connectivity index (χ2v) is 18.8. The Labute approximate surface area is 300 Å². The summed E-state index contributed by atoms with van der Waals surface area (Å²) in [5.41, 5.74) is 7.47. The number of ketones is 4. The van der Waals surface area contributed by atoms with Crippen LogP contribution in [-0.4, -0.2) is 34.6 Å². The second kappa shape index (κ2) is 10.5. The molecule has 2 heterocycles. The summed E-state index contributed by atoms with van der Waals surface area (Å²) in [5, 5.41) is 1.51. The van der Waals surface area contributed by atoms with Gasteiger partial charge in [-0.1, -0.05) is 77.7 Å². The van der Waals surface area contributed by atoms with Gasteiger partial charge in [-0.3, -0.25) is 19.2 Å². The summed E-state index contributed by atoms with van der Waals surface area (Å²) in [5.74, 6) is -0.450. The van der Waals surface area contributed by atoms with Crippen molar-refractivity contribution in [3.63, 3.8) is 0 Å². The zero-order valence-corrected chi connectivity index (χ0v) is 30.6. The monoisotopic (exact) mass is 700 g/mol. The van der Waals surface area contributed by atoms with Crippen LogP contribution in [0, 0.1) is 35.5 Å². The predicted octanol–water partition coefficient (Wildman–Crippen LogP) is 9.03. The van der Waals surface area contributed by atoms with Gasteiger partial charge in [0.05, 0.1) is 0 Å². The van der Waals surface area contributed by atoms with Crippen LogP contribution in [0.5, 0.6) is 0 Å². The van der Waals surface area contributed by atoms with Crippen molar-refractivity contribution in [2.45, 2.75) is 89.9 Å². The molecule has 0 saturated heterocycles. The average molecular weight is 701 g/mol. The van der Waals surface area contributed by atoms with Crippen LogP contribution in [-0.2, 0) is 30.0 Å². The molecule has 6 unspecified atom stereocenters. The molecule has 50 heavy (non-hydrogen) atoms. The van der Waals surface area contributed by atoms with Crippen LogP contribution in [0.4, 0.5) is 10.0 Å². The van der Waals surface area contributed by atoms with Gasteiger partial charge in [-0.15, -0.1) is 22.7 Å². The summed E-state index contributed by atoms with van der Waals surface area (Å²) in [6.07, 6.45) is 17.0. The fourth-order valence-corrected chi connectivity index (χ4v) is 13.0. The van der Waals surface area contributed by atoms with Gasteiger partial charge in [0.2, 0.25) is 0 Å². The van der Waals surface area contributed by atoms with Crippen molar-refractivity contribution in [3.8, 4) is 0 Å². The molecule has 8 heteroatoms. The van der Waals surface area contributed by atoms with Gasteiger partial charge < -0.3 is 0 Å². The van der Waals surface area contributed by atoms with Crippen molar-refractivity contribution in [2.24, 2.45) is 45.5 Å². The van der Waals surface area contributed by atoms with Crippen LogP contribution < -0.4 is 0 Å². The van der Waals surface area contributed by atoms with E-state index in [9.17, 15) is 19.2 Å². The van der Waals surface area contributed by atoms with Crippen molar-refractivity contribution in [2.75, 3.05) is 0 Å². The van der Waals surface area contributed by atoms with Gasteiger partial charge in [-0.25, -0.2) is 9.98 Å². The van der Waals surface area contributed by atoms with Crippen LogP contribution >= 0.6 is 22.7 Å². The third-order valence-electron chi connectivity index (χ3n) is 13.3. The number of thiophene rings is 2. The number of carbonyl (C=O) groups excluding carboxylic acids is 4. The molecule has 10 rings (SSSR count). The van der Waals surface area contributed by atoms with E-state index in [2.05, 4.69) is 64.1 Å². The first kappa shape index (κ1) is 31.1. The molecule has 4 saturated carbocycles. The molecule has 6 atom stereocenters. The van der Waals surface area contributed by atoms with Gasteiger partial charge in [-0.05, 0) is 71.2 Å². The SMILES string of the molecule is CC1(C)C2=CC3C=C4C(=CC3C=C2c2sc(N=C3C(=O)C5CCCCC5C3=O)cc21)C(C)(C)c1cc(N=C2C(=O)C3CCCCC3C2=O)sc14. The van der Waals surface area contributed by atoms with Crippen molar-refractivity contribution in [1.82, 2.24) is 0 Å². The van der Waals surface area contributed by atoms with Crippen LogP contribution in [0.1, 0.15) is 99.9 Å². The maximum absolute atomic E-state index is 13.2. The van der Waals surface area contributed by atoms with E-state index in [1.807, 2.05) is 0 Å². The van der Waals surface area contributed by atoms with Crippen molar-refractivity contribution in [1.29, 1.82) is 0 Å².